The molecular weight excluding hydrogens is 274 g/mol. The second-order valence-corrected chi connectivity index (χ2v) is 6.58. The Labute approximate surface area is 132 Å². The molecule has 22 heavy (non-hydrogen) atoms. The van der Waals surface area contributed by atoms with E-state index in [4.69, 9.17) is 0 Å². The van der Waals surface area contributed by atoms with Crippen LogP contribution in [0.3, 0.4) is 0 Å². The van der Waals surface area contributed by atoms with E-state index in [0.29, 0.717) is 13.1 Å². The van der Waals surface area contributed by atoms with Crippen LogP contribution < -0.4 is 4.90 Å². The van der Waals surface area contributed by atoms with Gasteiger partial charge in [-0.15, -0.1) is 0 Å². The molecule has 2 aromatic rings. The second kappa shape index (κ2) is 6.88. The van der Waals surface area contributed by atoms with E-state index >= 15 is 0 Å². The molecule has 0 aliphatic heterocycles. The monoisotopic (exact) mass is 299 g/mol. The normalized spacial score (nSPS) is 11.7. The number of aromatic nitrogens is 2. The Morgan fingerprint density at radius 1 is 1.14 bits per heavy atom. The third-order valence-electron chi connectivity index (χ3n) is 3.29. The Hall–Kier alpha value is -1.94. The van der Waals surface area contributed by atoms with Crippen LogP contribution in [-0.2, 0) is 6.54 Å². The van der Waals surface area contributed by atoms with E-state index in [1.807, 2.05) is 38.1 Å². The fraction of sp³-hybridized carbons (Fsp3) is 0.444. The zero-order valence-electron chi connectivity index (χ0n) is 13.8. The van der Waals surface area contributed by atoms with Crippen molar-refractivity contribution in [3.63, 3.8) is 0 Å². The first-order chi connectivity index (χ1) is 10.3. The van der Waals surface area contributed by atoms with Gasteiger partial charge in [-0.05, 0) is 25.5 Å². The van der Waals surface area contributed by atoms with Gasteiger partial charge in [-0.2, -0.15) is 0 Å². The predicted octanol–water partition coefficient (Wildman–Crippen LogP) is 3.38. The summed E-state index contributed by atoms with van der Waals surface area (Å²) in [6.07, 6.45) is 1.79. The SMILES string of the molecule is CC(C)c1nccc(N(Cc2ccccc2)CC(C)(C)O)n1. The van der Waals surface area contributed by atoms with Gasteiger partial charge in [0.2, 0.25) is 0 Å². The van der Waals surface area contributed by atoms with Crippen LogP contribution in [-0.4, -0.2) is 27.2 Å². The molecule has 0 fully saturated rings. The van der Waals surface area contributed by atoms with Gasteiger partial charge in [-0.1, -0.05) is 44.2 Å². The molecule has 0 spiro atoms. The van der Waals surface area contributed by atoms with E-state index in [9.17, 15) is 5.11 Å². The molecule has 1 N–H and O–H groups in total. The van der Waals surface area contributed by atoms with Gasteiger partial charge in [0.15, 0.2) is 0 Å². The third kappa shape index (κ3) is 4.81. The molecule has 0 amide bonds. The number of hydrogen-bond acceptors (Lipinski definition) is 4. The Morgan fingerprint density at radius 2 is 1.82 bits per heavy atom. The molecule has 0 bridgehead atoms. The van der Waals surface area contributed by atoms with Crippen LogP contribution in [0.15, 0.2) is 42.6 Å². The van der Waals surface area contributed by atoms with Crippen molar-refractivity contribution in [1.82, 2.24) is 9.97 Å². The summed E-state index contributed by atoms with van der Waals surface area (Å²) in [4.78, 5) is 11.1. The average molecular weight is 299 g/mol. The minimum Gasteiger partial charge on any atom is -0.389 e. The van der Waals surface area contributed by atoms with Crippen LogP contribution in [0.1, 0.15) is 45.0 Å². The molecule has 0 saturated heterocycles. The number of nitrogens with zero attached hydrogens (tertiary/aromatic N) is 3. The maximum absolute atomic E-state index is 10.2. The zero-order chi connectivity index (χ0) is 16.2. The fourth-order valence-corrected chi connectivity index (χ4v) is 2.31. The molecule has 0 radical (unpaired) electrons. The van der Waals surface area contributed by atoms with Crippen LogP contribution >= 0.6 is 0 Å². The molecule has 0 aliphatic carbocycles. The number of benzene rings is 1. The number of hydrogen-bond donors (Lipinski definition) is 1. The quantitative estimate of drug-likeness (QED) is 0.888. The lowest BCUT2D eigenvalue weighted by Crippen LogP contribution is -2.39. The first-order valence-corrected chi connectivity index (χ1v) is 7.69. The molecule has 1 aromatic carbocycles. The predicted molar refractivity (Wildman–Crippen MR) is 89.9 cm³/mol. The molecule has 0 aliphatic rings. The summed E-state index contributed by atoms with van der Waals surface area (Å²) >= 11 is 0. The van der Waals surface area contributed by atoms with Gasteiger partial charge in [0.05, 0.1) is 5.60 Å². The van der Waals surface area contributed by atoms with Crippen molar-refractivity contribution in [2.24, 2.45) is 0 Å². The van der Waals surface area contributed by atoms with E-state index in [2.05, 4.69) is 40.8 Å². The lowest BCUT2D eigenvalue weighted by molar-refractivity contribution is 0.0868. The molecule has 0 unspecified atom stereocenters. The first-order valence-electron chi connectivity index (χ1n) is 7.69. The number of aliphatic hydroxyl groups is 1. The molecule has 0 saturated carbocycles. The van der Waals surface area contributed by atoms with Gasteiger partial charge in [0, 0.05) is 25.2 Å². The van der Waals surface area contributed by atoms with Crippen molar-refractivity contribution in [3.8, 4) is 0 Å². The lowest BCUT2D eigenvalue weighted by Gasteiger charge is -2.30. The maximum Gasteiger partial charge on any atom is 0.133 e. The largest absolute Gasteiger partial charge is 0.389 e. The average Bonchev–Trinajstić information content (AvgIpc) is 2.46. The van der Waals surface area contributed by atoms with Crippen molar-refractivity contribution in [2.45, 2.75) is 45.8 Å². The molecule has 1 aromatic heterocycles. The molecule has 4 heteroatoms. The summed E-state index contributed by atoms with van der Waals surface area (Å²) in [6, 6.07) is 12.1. The molecule has 118 valence electrons. The molecule has 0 atom stereocenters. The highest BCUT2D eigenvalue weighted by Crippen LogP contribution is 2.20. The van der Waals surface area contributed by atoms with Gasteiger partial charge in [-0.3, -0.25) is 0 Å². The van der Waals surface area contributed by atoms with E-state index < -0.39 is 5.60 Å². The molecule has 4 nitrogen and oxygen atoms in total. The highest BCUT2D eigenvalue weighted by Gasteiger charge is 2.20. The van der Waals surface area contributed by atoms with E-state index in [1.54, 1.807) is 6.20 Å². The van der Waals surface area contributed by atoms with Crippen molar-refractivity contribution in [2.75, 3.05) is 11.4 Å². The summed E-state index contributed by atoms with van der Waals surface area (Å²) in [7, 11) is 0. The van der Waals surface area contributed by atoms with Crippen LogP contribution in [0.2, 0.25) is 0 Å². The van der Waals surface area contributed by atoms with Crippen molar-refractivity contribution in [1.29, 1.82) is 0 Å². The van der Waals surface area contributed by atoms with Crippen LogP contribution in [0.25, 0.3) is 0 Å². The molecule has 1 heterocycles. The lowest BCUT2D eigenvalue weighted by atomic mass is 10.1. The van der Waals surface area contributed by atoms with Crippen molar-refractivity contribution in [3.05, 3.63) is 54.0 Å². The second-order valence-electron chi connectivity index (χ2n) is 6.58. The highest BCUT2D eigenvalue weighted by molar-refractivity contribution is 5.39. The minimum absolute atomic E-state index is 0.278. The maximum atomic E-state index is 10.2. The summed E-state index contributed by atoms with van der Waals surface area (Å²) in [5.41, 5.74) is 0.397. The zero-order valence-corrected chi connectivity index (χ0v) is 13.8. The van der Waals surface area contributed by atoms with Crippen molar-refractivity contribution >= 4 is 5.82 Å². The number of rotatable bonds is 6. The molecule has 2 rings (SSSR count). The van der Waals surface area contributed by atoms with Crippen molar-refractivity contribution < 1.29 is 5.11 Å². The highest BCUT2D eigenvalue weighted by atomic mass is 16.3. The Morgan fingerprint density at radius 3 is 2.41 bits per heavy atom. The Bertz CT molecular complexity index is 591. The van der Waals surface area contributed by atoms with Crippen LogP contribution in [0, 0.1) is 0 Å². The summed E-state index contributed by atoms with van der Waals surface area (Å²) < 4.78 is 0. The van der Waals surface area contributed by atoms with E-state index in [1.165, 1.54) is 5.56 Å². The first kappa shape index (κ1) is 16.4. The van der Waals surface area contributed by atoms with Crippen LogP contribution in [0.5, 0.6) is 0 Å². The van der Waals surface area contributed by atoms with Gasteiger partial charge in [0.25, 0.3) is 0 Å². The topological polar surface area (TPSA) is 49.2 Å². The van der Waals surface area contributed by atoms with Gasteiger partial charge < -0.3 is 10.0 Å². The summed E-state index contributed by atoms with van der Waals surface area (Å²) in [5.74, 6) is 1.96. The minimum atomic E-state index is -0.794. The van der Waals surface area contributed by atoms with E-state index in [-0.39, 0.29) is 5.92 Å². The summed E-state index contributed by atoms with van der Waals surface area (Å²) in [5, 5.41) is 10.2. The van der Waals surface area contributed by atoms with Gasteiger partial charge in [0.1, 0.15) is 11.6 Å². The summed E-state index contributed by atoms with van der Waals surface area (Å²) in [6.45, 7) is 9.01. The molecular formula is C18H25N3O. The smallest absolute Gasteiger partial charge is 0.133 e. The van der Waals surface area contributed by atoms with Gasteiger partial charge in [-0.25, -0.2) is 9.97 Å². The Kier molecular flexibility index (Phi) is 5.14. The number of anilines is 1. The fourth-order valence-electron chi connectivity index (χ4n) is 2.31. The van der Waals surface area contributed by atoms with Crippen LogP contribution in [0.4, 0.5) is 5.82 Å². The standard InChI is InChI=1S/C18H25N3O/c1-14(2)17-19-11-10-16(20-17)21(13-18(3,4)22)12-15-8-6-5-7-9-15/h5-11,14,22H,12-13H2,1-4H3. The van der Waals surface area contributed by atoms with E-state index in [0.717, 1.165) is 11.6 Å². The Balaban J connectivity index is 2.29. The third-order valence-corrected chi connectivity index (χ3v) is 3.29. The van der Waals surface area contributed by atoms with Gasteiger partial charge >= 0.3 is 0 Å².